The van der Waals surface area contributed by atoms with Crippen LogP contribution in [0.5, 0.6) is 0 Å². The maximum atomic E-state index is 4.93. The summed E-state index contributed by atoms with van der Waals surface area (Å²) in [5.74, 6) is 0. The third kappa shape index (κ3) is 5.70. The van der Waals surface area contributed by atoms with Crippen LogP contribution >= 0.6 is 17.0 Å². The first-order chi connectivity index (χ1) is 7.21. The summed E-state index contributed by atoms with van der Waals surface area (Å²) in [4.78, 5) is 3.97. The molecule has 2 nitrogen and oxygen atoms in total. The van der Waals surface area contributed by atoms with E-state index in [4.69, 9.17) is 17.0 Å². The molecular formula is C10H13Cl2N2Zr-. The van der Waals surface area contributed by atoms with Crippen LogP contribution in [0.1, 0.15) is 11.1 Å². The molecule has 15 heavy (non-hydrogen) atoms. The Balaban J connectivity index is 0.000000583. The quantitative estimate of drug-likeness (QED) is 0.734. The molecule has 0 heterocycles. The summed E-state index contributed by atoms with van der Waals surface area (Å²) >= 11 is -0.826. The van der Waals surface area contributed by atoms with Crippen molar-refractivity contribution in [3.05, 3.63) is 34.6 Å². The van der Waals surface area contributed by atoms with Gasteiger partial charge in [-0.05, 0) is 12.5 Å². The van der Waals surface area contributed by atoms with Gasteiger partial charge in [-0.25, -0.2) is 0 Å². The van der Waals surface area contributed by atoms with Crippen LogP contribution in [0.15, 0.2) is 23.2 Å². The first kappa shape index (κ1) is 15.2. The first-order valence-electron chi connectivity index (χ1n) is 4.29. The van der Waals surface area contributed by atoms with Crippen molar-refractivity contribution in [2.24, 2.45) is 4.99 Å². The van der Waals surface area contributed by atoms with Crippen molar-refractivity contribution in [3.63, 3.8) is 0 Å². The molecule has 1 aromatic rings. The minimum absolute atomic E-state index is 0.826. The zero-order valence-corrected chi connectivity index (χ0v) is 12.9. The van der Waals surface area contributed by atoms with E-state index in [1.54, 1.807) is 14.1 Å². The molecule has 82 valence electrons. The van der Waals surface area contributed by atoms with Crippen LogP contribution in [0, 0.1) is 6.92 Å². The molecule has 0 fully saturated rings. The summed E-state index contributed by atoms with van der Waals surface area (Å²) in [6, 6.07) is 6.08. The van der Waals surface area contributed by atoms with E-state index < -0.39 is 20.8 Å². The van der Waals surface area contributed by atoms with E-state index in [0.717, 1.165) is 11.3 Å². The third-order valence-corrected chi connectivity index (χ3v) is 1.76. The predicted octanol–water partition coefficient (Wildman–Crippen LogP) is 4.06. The van der Waals surface area contributed by atoms with E-state index in [1.807, 2.05) is 18.3 Å². The van der Waals surface area contributed by atoms with Gasteiger partial charge in [0, 0.05) is 13.3 Å². The van der Waals surface area contributed by atoms with E-state index in [1.165, 1.54) is 5.56 Å². The fraction of sp³-hybridized carbons (Fsp3) is 0.300. The molecule has 0 aliphatic carbocycles. The number of aliphatic imine (C=N–C) groups is 1. The van der Waals surface area contributed by atoms with E-state index in [2.05, 4.69) is 23.3 Å². The summed E-state index contributed by atoms with van der Waals surface area (Å²) in [6.07, 6.45) is 1.83. The number of nitrogens with zero attached hydrogens (tertiary/aromatic N) is 2. The fourth-order valence-electron chi connectivity index (χ4n) is 1.23. The molecule has 0 amide bonds. The molecule has 0 bridgehead atoms. The van der Waals surface area contributed by atoms with Crippen molar-refractivity contribution in [2.75, 3.05) is 14.1 Å². The zero-order valence-electron chi connectivity index (χ0n) is 8.96. The van der Waals surface area contributed by atoms with Gasteiger partial charge in [0.1, 0.15) is 0 Å². The Hall–Kier alpha value is 0.153. The van der Waals surface area contributed by atoms with Crippen LogP contribution in [0.4, 0.5) is 5.69 Å². The van der Waals surface area contributed by atoms with Crippen LogP contribution in [-0.4, -0.2) is 20.3 Å². The Morgan fingerprint density at radius 2 is 2.00 bits per heavy atom. The minimum atomic E-state index is -0.826. The SMILES string of the molecule is CN=Cc1cccc(C)c1[N-]C.[Cl][Zr][Cl]. The molecule has 0 aliphatic heterocycles. The normalized spacial score (nSPS) is 9.40. The molecule has 0 unspecified atom stereocenters. The number of hydrogen-bond donors (Lipinski definition) is 0. The maximum absolute atomic E-state index is 4.93. The molecule has 1 aromatic carbocycles. The molecule has 0 saturated carbocycles. The van der Waals surface area contributed by atoms with Gasteiger partial charge in [0.15, 0.2) is 0 Å². The molecule has 0 spiro atoms. The van der Waals surface area contributed by atoms with Gasteiger partial charge in [0.2, 0.25) is 0 Å². The molecule has 1 rings (SSSR count). The predicted molar refractivity (Wildman–Crippen MR) is 65.3 cm³/mol. The van der Waals surface area contributed by atoms with Crippen LogP contribution in [-0.2, 0) is 20.8 Å². The Bertz CT molecular complexity index is 316. The second-order valence-corrected chi connectivity index (χ2v) is 6.43. The second kappa shape index (κ2) is 9.38. The van der Waals surface area contributed by atoms with Crippen LogP contribution < -0.4 is 0 Å². The van der Waals surface area contributed by atoms with Crippen molar-refractivity contribution in [3.8, 4) is 0 Å². The fourth-order valence-corrected chi connectivity index (χ4v) is 1.23. The topological polar surface area (TPSA) is 26.5 Å². The summed E-state index contributed by atoms with van der Waals surface area (Å²) in [6.45, 7) is 2.05. The number of benzene rings is 1. The Morgan fingerprint density at radius 3 is 2.47 bits per heavy atom. The zero-order chi connectivity index (χ0) is 11.7. The van der Waals surface area contributed by atoms with Gasteiger partial charge >= 0.3 is 37.9 Å². The molecule has 0 aliphatic rings. The van der Waals surface area contributed by atoms with E-state index in [0.29, 0.717) is 0 Å². The third-order valence-electron chi connectivity index (χ3n) is 1.76. The average molecular weight is 323 g/mol. The molecule has 0 atom stereocenters. The van der Waals surface area contributed by atoms with Crippen LogP contribution in [0.25, 0.3) is 5.32 Å². The van der Waals surface area contributed by atoms with Crippen molar-refractivity contribution in [1.29, 1.82) is 0 Å². The van der Waals surface area contributed by atoms with E-state index in [-0.39, 0.29) is 0 Å². The van der Waals surface area contributed by atoms with E-state index >= 15 is 0 Å². The van der Waals surface area contributed by atoms with Gasteiger partial charge in [-0.2, -0.15) is 0 Å². The number of halogens is 2. The number of para-hydroxylation sites is 1. The standard InChI is InChI=1S/C10H13N2.2ClH.Zr/c1-8-5-4-6-9(7-11-2)10(8)12-3;;;/h4-7H,1-3H3;2*1H;/q-1;;;+2/p-2. The number of aryl methyl sites for hydroxylation is 1. The molecular weight excluding hydrogens is 310 g/mol. The molecule has 5 heteroatoms. The van der Waals surface area contributed by atoms with Crippen molar-refractivity contribution in [2.45, 2.75) is 6.92 Å². The second-order valence-electron chi connectivity index (χ2n) is 2.70. The summed E-state index contributed by atoms with van der Waals surface area (Å²) < 4.78 is 0. The summed E-state index contributed by atoms with van der Waals surface area (Å²) in [5.41, 5.74) is 3.30. The van der Waals surface area contributed by atoms with Gasteiger partial charge in [0.25, 0.3) is 0 Å². The van der Waals surface area contributed by atoms with Crippen molar-refractivity contribution < 1.29 is 20.8 Å². The van der Waals surface area contributed by atoms with Gasteiger partial charge in [-0.3, -0.25) is 4.99 Å². The van der Waals surface area contributed by atoms with Gasteiger partial charge < -0.3 is 5.32 Å². The first-order valence-corrected chi connectivity index (χ1v) is 10.6. The van der Waals surface area contributed by atoms with Gasteiger partial charge in [-0.1, -0.05) is 23.8 Å². The monoisotopic (exact) mass is 321 g/mol. The van der Waals surface area contributed by atoms with Gasteiger partial charge in [0.05, 0.1) is 0 Å². The van der Waals surface area contributed by atoms with Gasteiger partial charge in [-0.15, -0.1) is 12.7 Å². The van der Waals surface area contributed by atoms with Crippen LogP contribution in [0.3, 0.4) is 0 Å². The van der Waals surface area contributed by atoms with Crippen molar-refractivity contribution in [1.82, 2.24) is 0 Å². The Kier molecular flexibility index (Phi) is 9.48. The number of hydrogen-bond acceptors (Lipinski definition) is 1. The molecule has 0 N–H and O–H groups in total. The van der Waals surface area contributed by atoms with Crippen molar-refractivity contribution >= 4 is 28.9 Å². The van der Waals surface area contributed by atoms with E-state index in [9.17, 15) is 0 Å². The average Bonchev–Trinajstić information content (AvgIpc) is 2.20. The summed E-state index contributed by atoms with van der Waals surface area (Å²) in [7, 11) is 13.4. The number of rotatable bonds is 2. The molecule has 0 aromatic heterocycles. The Labute approximate surface area is 110 Å². The molecule has 0 radical (unpaired) electrons. The Morgan fingerprint density at radius 1 is 1.40 bits per heavy atom. The van der Waals surface area contributed by atoms with Crippen LogP contribution in [0.2, 0.25) is 0 Å². The molecule has 0 saturated heterocycles. The summed E-state index contributed by atoms with van der Waals surface area (Å²) in [5, 5.41) is 4.20.